The number of piperazine rings is 1. The van der Waals surface area contributed by atoms with Crippen LogP contribution in [0.25, 0.3) is 0 Å². The van der Waals surface area contributed by atoms with Crippen LogP contribution in [0.4, 0.5) is 5.69 Å². The molecule has 0 saturated carbocycles. The smallest absolute Gasteiger partial charge is 0.274 e. The van der Waals surface area contributed by atoms with E-state index < -0.39 is 0 Å². The average Bonchev–Trinajstić information content (AvgIpc) is 2.29. The van der Waals surface area contributed by atoms with Crippen LogP contribution in [0.5, 0.6) is 0 Å². The third kappa shape index (κ3) is 2.32. The van der Waals surface area contributed by atoms with E-state index in [-0.39, 0.29) is 16.7 Å². The summed E-state index contributed by atoms with van der Waals surface area (Å²) >= 11 is 5.87. The van der Waals surface area contributed by atoms with E-state index in [1.54, 1.807) is 12.1 Å². The van der Waals surface area contributed by atoms with Crippen molar-refractivity contribution in [2.75, 3.05) is 19.6 Å². The van der Waals surface area contributed by atoms with Crippen LogP contribution in [0.3, 0.4) is 0 Å². The Morgan fingerprint density at radius 3 is 2.88 bits per heavy atom. The van der Waals surface area contributed by atoms with Crippen molar-refractivity contribution in [3.05, 3.63) is 38.9 Å². The van der Waals surface area contributed by atoms with Crippen molar-refractivity contribution < 1.29 is 4.92 Å². The lowest BCUT2D eigenvalue weighted by Gasteiger charge is -2.24. The summed E-state index contributed by atoms with van der Waals surface area (Å²) < 4.78 is 0. The fraction of sp³-hybridized carbons (Fsp3) is 0.400. The molecule has 0 bridgehead atoms. The largest absolute Gasteiger partial charge is 0.314 e. The predicted molar refractivity (Wildman–Crippen MR) is 61.7 cm³/mol. The molecule has 5 nitrogen and oxygen atoms in total. The number of nitrogens with zero attached hydrogens (tertiary/aromatic N) is 1. The Hall–Kier alpha value is -1.17. The molecule has 1 aromatic carbocycles. The predicted octanol–water partition coefficient (Wildman–Crippen LogP) is 1.48. The van der Waals surface area contributed by atoms with Gasteiger partial charge in [-0.2, -0.15) is 0 Å². The van der Waals surface area contributed by atoms with E-state index in [4.69, 9.17) is 11.6 Å². The standard InChI is InChI=1S/C10H12ClN3O2/c11-7-1-2-10(14(15)16)8(5-7)9-6-12-3-4-13-9/h1-2,5,9,12-13H,3-4,6H2/t9-/m1/s1. The molecule has 1 fully saturated rings. The van der Waals surface area contributed by atoms with Gasteiger partial charge in [-0.1, -0.05) is 11.6 Å². The Morgan fingerprint density at radius 2 is 2.25 bits per heavy atom. The highest BCUT2D eigenvalue weighted by molar-refractivity contribution is 6.30. The molecule has 1 heterocycles. The third-order valence-electron chi connectivity index (χ3n) is 2.60. The van der Waals surface area contributed by atoms with E-state index >= 15 is 0 Å². The van der Waals surface area contributed by atoms with Gasteiger partial charge in [0.25, 0.3) is 5.69 Å². The third-order valence-corrected chi connectivity index (χ3v) is 2.84. The highest BCUT2D eigenvalue weighted by Gasteiger charge is 2.23. The summed E-state index contributed by atoms with van der Waals surface area (Å²) in [4.78, 5) is 10.5. The Morgan fingerprint density at radius 1 is 1.44 bits per heavy atom. The van der Waals surface area contributed by atoms with Gasteiger partial charge in [-0.05, 0) is 12.1 Å². The van der Waals surface area contributed by atoms with Gasteiger partial charge in [-0.3, -0.25) is 10.1 Å². The van der Waals surface area contributed by atoms with Crippen LogP contribution < -0.4 is 10.6 Å². The van der Waals surface area contributed by atoms with Gasteiger partial charge in [0.1, 0.15) is 0 Å². The number of nitro groups is 1. The van der Waals surface area contributed by atoms with E-state index in [0.717, 1.165) is 13.1 Å². The average molecular weight is 242 g/mol. The lowest BCUT2D eigenvalue weighted by Crippen LogP contribution is -2.42. The maximum absolute atomic E-state index is 10.9. The topological polar surface area (TPSA) is 67.2 Å². The molecule has 0 radical (unpaired) electrons. The SMILES string of the molecule is O=[N+]([O-])c1ccc(Cl)cc1[C@H]1CNCCN1. The van der Waals surface area contributed by atoms with Crippen molar-refractivity contribution >= 4 is 17.3 Å². The second-order valence-corrected chi connectivity index (χ2v) is 4.11. The maximum Gasteiger partial charge on any atom is 0.274 e. The van der Waals surface area contributed by atoms with Crippen LogP contribution in [-0.2, 0) is 0 Å². The number of halogens is 1. The van der Waals surface area contributed by atoms with Crippen molar-refractivity contribution in [2.24, 2.45) is 0 Å². The molecule has 1 aliphatic rings. The maximum atomic E-state index is 10.9. The fourth-order valence-electron chi connectivity index (χ4n) is 1.84. The van der Waals surface area contributed by atoms with E-state index in [1.165, 1.54) is 6.07 Å². The summed E-state index contributed by atoms with van der Waals surface area (Å²) in [6, 6.07) is 4.60. The molecule has 0 spiro atoms. The fourth-order valence-corrected chi connectivity index (χ4v) is 2.02. The Labute approximate surface area is 97.9 Å². The van der Waals surface area contributed by atoms with Crippen molar-refractivity contribution in [3.8, 4) is 0 Å². The highest BCUT2D eigenvalue weighted by Crippen LogP contribution is 2.28. The lowest BCUT2D eigenvalue weighted by molar-refractivity contribution is -0.385. The zero-order valence-electron chi connectivity index (χ0n) is 8.57. The van der Waals surface area contributed by atoms with Crippen molar-refractivity contribution in [3.63, 3.8) is 0 Å². The van der Waals surface area contributed by atoms with Crippen LogP contribution in [0.1, 0.15) is 11.6 Å². The molecule has 2 rings (SSSR count). The monoisotopic (exact) mass is 241 g/mol. The molecule has 1 atom stereocenters. The van der Waals surface area contributed by atoms with Crippen molar-refractivity contribution in [1.29, 1.82) is 0 Å². The molecule has 0 unspecified atom stereocenters. The second kappa shape index (κ2) is 4.78. The first-order valence-electron chi connectivity index (χ1n) is 5.06. The van der Waals surface area contributed by atoms with Gasteiger partial charge in [0.15, 0.2) is 0 Å². The number of nitro benzene ring substituents is 1. The second-order valence-electron chi connectivity index (χ2n) is 3.67. The first-order chi connectivity index (χ1) is 7.68. The summed E-state index contributed by atoms with van der Waals surface area (Å²) in [6.07, 6.45) is 0. The molecule has 1 aromatic rings. The zero-order valence-corrected chi connectivity index (χ0v) is 9.33. The van der Waals surface area contributed by atoms with E-state index in [2.05, 4.69) is 10.6 Å². The number of rotatable bonds is 2. The summed E-state index contributed by atoms with van der Waals surface area (Å²) in [5.41, 5.74) is 0.760. The number of hydrogen-bond acceptors (Lipinski definition) is 4. The molecule has 6 heteroatoms. The molecule has 1 aliphatic heterocycles. The normalized spacial score (nSPS) is 20.7. The van der Waals surface area contributed by atoms with Gasteiger partial charge in [0.2, 0.25) is 0 Å². The Kier molecular flexibility index (Phi) is 3.38. The van der Waals surface area contributed by atoms with Gasteiger partial charge in [-0.15, -0.1) is 0 Å². The van der Waals surface area contributed by atoms with Crippen LogP contribution in [0.15, 0.2) is 18.2 Å². The molecule has 16 heavy (non-hydrogen) atoms. The number of benzene rings is 1. The number of nitrogens with one attached hydrogen (secondary N) is 2. The highest BCUT2D eigenvalue weighted by atomic mass is 35.5. The van der Waals surface area contributed by atoms with Gasteiger partial charge in [0.05, 0.1) is 11.0 Å². The first-order valence-corrected chi connectivity index (χ1v) is 5.44. The Bertz CT molecular complexity index is 405. The van der Waals surface area contributed by atoms with E-state index in [1.807, 2.05) is 0 Å². The summed E-state index contributed by atoms with van der Waals surface area (Å²) in [5.74, 6) is 0. The first kappa shape index (κ1) is 11.3. The van der Waals surface area contributed by atoms with E-state index in [9.17, 15) is 10.1 Å². The van der Waals surface area contributed by atoms with Gasteiger partial charge in [0, 0.05) is 36.3 Å². The van der Waals surface area contributed by atoms with Crippen LogP contribution in [0.2, 0.25) is 5.02 Å². The molecule has 1 saturated heterocycles. The van der Waals surface area contributed by atoms with Gasteiger partial charge in [-0.25, -0.2) is 0 Å². The van der Waals surface area contributed by atoms with Crippen molar-refractivity contribution in [2.45, 2.75) is 6.04 Å². The molecule has 2 N–H and O–H groups in total. The molecular formula is C10H12ClN3O2. The zero-order chi connectivity index (χ0) is 11.5. The lowest BCUT2D eigenvalue weighted by atomic mass is 10.0. The minimum absolute atomic E-state index is 0.0483. The molecule has 86 valence electrons. The summed E-state index contributed by atoms with van der Waals surface area (Å²) in [7, 11) is 0. The minimum Gasteiger partial charge on any atom is -0.314 e. The summed E-state index contributed by atoms with van der Waals surface area (Å²) in [6.45, 7) is 2.36. The van der Waals surface area contributed by atoms with Crippen LogP contribution >= 0.6 is 11.6 Å². The number of hydrogen-bond donors (Lipinski definition) is 2. The van der Waals surface area contributed by atoms with Gasteiger partial charge >= 0.3 is 0 Å². The molecule has 0 amide bonds. The van der Waals surface area contributed by atoms with Crippen molar-refractivity contribution in [1.82, 2.24) is 10.6 Å². The Balaban J connectivity index is 2.36. The molecule has 0 aliphatic carbocycles. The molecule has 0 aromatic heterocycles. The summed E-state index contributed by atoms with van der Waals surface area (Å²) in [5, 5.41) is 17.8. The van der Waals surface area contributed by atoms with E-state index in [0.29, 0.717) is 17.1 Å². The van der Waals surface area contributed by atoms with Crippen LogP contribution in [-0.4, -0.2) is 24.6 Å². The molecular weight excluding hydrogens is 230 g/mol. The van der Waals surface area contributed by atoms with Gasteiger partial charge < -0.3 is 10.6 Å². The van der Waals surface area contributed by atoms with Crippen LogP contribution in [0, 0.1) is 10.1 Å². The minimum atomic E-state index is -0.373. The quantitative estimate of drug-likeness (QED) is 0.608.